The van der Waals surface area contributed by atoms with Crippen molar-refractivity contribution in [3.05, 3.63) is 34.9 Å². The molecule has 1 atom stereocenters. The zero-order valence-electron chi connectivity index (χ0n) is 12.8. The highest BCUT2D eigenvalue weighted by Crippen LogP contribution is 2.36. The van der Waals surface area contributed by atoms with Crippen molar-refractivity contribution in [1.82, 2.24) is 10.8 Å². The second-order valence-electron chi connectivity index (χ2n) is 5.87. The number of amides is 2. The summed E-state index contributed by atoms with van der Waals surface area (Å²) in [5.41, 5.74) is 8.20. The normalized spacial score (nSPS) is 22.2. The largest absolute Gasteiger partial charge is 0.343 e. The number of carbonyl (C=O) groups is 2. The number of nitrogens with two attached hydrogens (primary N) is 1. The molecule has 1 fully saturated rings. The number of benzene rings is 1. The van der Waals surface area contributed by atoms with Gasteiger partial charge in [0.2, 0.25) is 5.91 Å². The Hall–Kier alpha value is -1.63. The number of hydrogen-bond donors (Lipinski definition) is 4. The monoisotopic (exact) mass is 339 g/mol. The first-order valence-electron chi connectivity index (χ1n) is 7.75. The lowest BCUT2D eigenvalue weighted by molar-refractivity contribution is -0.136. The van der Waals surface area contributed by atoms with Crippen LogP contribution in [-0.4, -0.2) is 29.6 Å². The molecule has 0 unspecified atom stereocenters. The van der Waals surface area contributed by atoms with Crippen molar-refractivity contribution in [2.24, 2.45) is 11.7 Å². The van der Waals surface area contributed by atoms with Crippen LogP contribution in [0.4, 0.5) is 0 Å². The van der Waals surface area contributed by atoms with Crippen molar-refractivity contribution < 1.29 is 14.8 Å². The van der Waals surface area contributed by atoms with Gasteiger partial charge in [-0.3, -0.25) is 14.8 Å². The van der Waals surface area contributed by atoms with Crippen LogP contribution in [0.5, 0.6) is 0 Å². The first-order chi connectivity index (χ1) is 11.0. The number of halogens is 1. The number of hydroxylamine groups is 1. The smallest absolute Gasteiger partial charge is 0.267 e. The molecular formula is C16H22ClN3O3. The summed E-state index contributed by atoms with van der Waals surface area (Å²) in [6.07, 6.45) is 3.35. The molecule has 5 N–H and O–H groups in total. The zero-order chi connectivity index (χ0) is 16.8. The minimum absolute atomic E-state index is 0.0573. The lowest BCUT2D eigenvalue weighted by atomic mass is 9.78. The summed E-state index contributed by atoms with van der Waals surface area (Å²) in [6, 6.07) is 6.93. The molecule has 23 heavy (non-hydrogen) atoms. The third-order valence-electron chi connectivity index (χ3n) is 4.42. The second kappa shape index (κ2) is 8.29. The number of nitrogens with one attached hydrogen (secondary N) is 2. The minimum Gasteiger partial charge on any atom is -0.343 e. The van der Waals surface area contributed by atoms with E-state index in [4.69, 9.17) is 22.5 Å². The Balaban J connectivity index is 1.87. The van der Waals surface area contributed by atoms with Gasteiger partial charge in [-0.25, -0.2) is 5.48 Å². The zero-order valence-corrected chi connectivity index (χ0v) is 13.6. The van der Waals surface area contributed by atoms with Gasteiger partial charge in [-0.15, -0.1) is 0 Å². The average Bonchev–Trinajstić information content (AvgIpc) is 2.59. The second-order valence-corrected chi connectivity index (χ2v) is 6.31. The molecule has 0 saturated heterocycles. The van der Waals surface area contributed by atoms with Gasteiger partial charge in [0.05, 0.1) is 0 Å². The van der Waals surface area contributed by atoms with Crippen LogP contribution in [0.15, 0.2) is 24.3 Å². The van der Waals surface area contributed by atoms with Crippen molar-refractivity contribution in [3.8, 4) is 0 Å². The summed E-state index contributed by atoms with van der Waals surface area (Å²) in [6.45, 7) is -0.0573. The summed E-state index contributed by atoms with van der Waals surface area (Å²) in [5, 5.41) is 11.9. The maximum absolute atomic E-state index is 12.2. The molecule has 7 heteroatoms. The molecule has 2 rings (SSSR count). The molecule has 0 aromatic heterocycles. The summed E-state index contributed by atoms with van der Waals surface area (Å²) >= 11 is 5.90. The van der Waals surface area contributed by atoms with Crippen LogP contribution in [-0.2, 0) is 9.59 Å². The van der Waals surface area contributed by atoms with Crippen LogP contribution in [0.25, 0.3) is 0 Å². The van der Waals surface area contributed by atoms with Gasteiger partial charge < -0.3 is 11.1 Å². The predicted molar refractivity (Wildman–Crippen MR) is 87.1 cm³/mol. The van der Waals surface area contributed by atoms with E-state index in [-0.39, 0.29) is 18.4 Å². The third-order valence-corrected chi connectivity index (χ3v) is 4.67. The summed E-state index contributed by atoms with van der Waals surface area (Å²) in [4.78, 5) is 23.6. The Kier molecular flexibility index (Phi) is 6.38. The van der Waals surface area contributed by atoms with Crippen molar-refractivity contribution in [2.45, 2.75) is 37.6 Å². The first kappa shape index (κ1) is 17.7. The minimum atomic E-state index is -0.901. The van der Waals surface area contributed by atoms with Crippen molar-refractivity contribution in [3.63, 3.8) is 0 Å². The van der Waals surface area contributed by atoms with Gasteiger partial charge in [0.1, 0.15) is 6.04 Å². The highest BCUT2D eigenvalue weighted by molar-refractivity contribution is 6.30. The van der Waals surface area contributed by atoms with Crippen molar-refractivity contribution in [2.75, 3.05) is 6.54 Å². The Morgan fingerprint density at radius 2 is 1.83 bits per heavy atom. The lowest BCUT2D eigenvalue weighted by Gasteiger charge is -2.29. The van der Waals surface area contributed by atoms with Gasteiger partial charge in [0.25, 0.3) is 5.91 Å². The maximum Gasteiger partial charge on any atom is 0.267 e. The van der Waals surface area contributed by atoms with Gasteiger partial charge in [-0.1, -0.05) is 23.7 Å². The predicted octanol–water partition coefficient (Wildman–Crippen LogP) is 1.56. The van der Waals surface area contributed by atoms with E-state index >= 15 is 0 Å². The van der Waals surface area contributed by atoms with E-state index in [1.54, 1.807) is 0 Å². The van der Waals surface area contributed by atoms with Crippen molar-refractivity contribution >= 4 is 23.4 Å². The van der Waals surface area contributed by atoms with Crippen LogP contribution < -0.4 is 16.5 Å². The molecule has 1 aromatic rings. The van der Waals surface area contributed by atoms with Crippen LogP contribution in [0.3, 0.4) is 0 Å². The topological polar surface area (TPSA) is 104 Å². The molecule has 0 heterocycles. The average molecular weight is 340 g/mol. The standard InChI is InChI=1S/C16H22ClN3O3/c17-13-7-5-11(6-8-13)10-1-3-12(4-2-10)15(21)19-14(9-18)16(22)20-23/h5-8,10,12,14,23H,1-4,9,18H2,(H,19,21)(H,20,22)/t10?,12?,14-/m0/s1. The maximum atomic E-state index is 12.2. The Bertz CT molecular complexity index is 542. The van der Waals surface area contributed by atoms with Crippen LogP contribution in [0.2, 0.25) is 5.02 Å². The van der Waals surface area contributed by atoms with Crippen molar-refractivity contribution in [1.29, 1.82) is 0 Å². The fourth-order valence-corrected chi connectivity index (χ4v) is 3.15. The van der Waals surface area contributed by atoms with Gasteiger partial charge in [0, 0.05) is 17.5 Å². The van der Waals surface area contributed by atoms with E-state index < -0.39 is 11.9 Å². The Morgan fingerprint density at radius 1 is 1.22 bits per heavy atom. The van der Waals surface area contributed by atoms with E-state index in [9.17, 15) is 9.59 Å². The Labute approximate surface area is 140 Å². The molecule has 126 valence electrons. The molecular weight excluding hydrogens is 318 g/mol. The Morgan fingerprint density at radius 3 is 2.35 bits per heavy atom. The summed E-state index contributed by atoms with van der Waals surface area (Å²) in [5.74, 6) is -0.573. The van der Waals surface area contributed by atoms with E-state index in [1.807, 2.05) is 24.3 Å². The fraction of sp³-hybridized carbons (Fsp3) is 0.500. The molecule has 1 saturated carbocycles. The first-order valence-corrected chi connectivity index (χ1v) is 8.12. The molecule has 1 aliphatic carbocycles. The van der Waals surface area contributed by atoms with E-state index in [2.05, 4.69) is 5.32 Å². The molecule has 0 spiro atoms. The SMILES string of the molecule is NC[C@H](NC(=O)C1CCC(c2ccc(Cl)cc2)CC1)C(=O)NO. The molecule has 1 aliphatic rings. The number of carbonyl (C=O) groups excluding carboxylic acids is 2. The van der Waals surface area contributed by atoms with Gasteiger partial charge in [-0.2, -0.15) is 0 Å². The van der Waals surface area contributed by atoms with Gasteiger partial charge in [0.15, 0.2) is 0 Å². The van der Waals surface area contributed by atoms with Gasteiger partial charge in [-0.05, 0) is 49.3 Å². The van der Waals surface area contributed by atoms with E-state index in [1.165, 1.54) is 11.0 Å². The lowest BCUT2D eigenvalue weighted by Crippen LogP contribution is -2.51. The summed E-state index contributed by atoms with van der Waals surface area (Å²) < 4.78 is 0. The van der Waals surface area contributed by atoms with E-state index in [0.717, 1.165) is 30.7 Å². The molecule has 1 aromatic carbocycles. The number of hydrogen-bond acceptors (Lipinski definition) is 4. The quantitative estimate of drug-likeness (QED) is 0.482. The van der Waals surface area contributed by atoms with Crippen LogP contribution >= 0.6 is 11.6 Å². The summed E-state index contributed by atoms with van der Waals surface area (Å²) in [7, 11) is 0. The molecule has 0 aliphatic heterocycles. The molecule has 2 amide bonds. The van der Waals surface area contributed by atoms with Gasteiger partial charge >= 0.3 is 0 Å². The molecule has 0 bridgehead atoms. The van der Waals surface area contributed by atoms with Crippen LogP contribution in [0, 0.1) is 5.92 Å². The fourth-order valence-electron chi connectivity index (χ4n) is 3.02. The number of rotatable bonds is 5. The molecule has 0 radical (unpaired) electrons. The third kappa shape index (κ3) is 4.67. The highest BCUT2D eigenvalue weighted by atomic mass is 35.5. The molecule has 6 nitrogen and oxygen atoms in total. The highest BCUT2D eigenvalue weighted by Gasteiger charge is 2.29. The van der Waals surface area contributed by atoms with E-state index in [0.29, 0.717) is 5.92 Å². The van der Waals surface area contributed by atoms with Crippen LogP contribution in [0.1, 0.15) is 37.2 Å².